The summed E-state index contributed by atoms with van der Waals surface area (Å²) in [4.78, 5) is 21.0. The van der Waals surface area contributed by atoms with Crippen molar-refractivity contribution in [2.75, 3.05) is 0 Å². The van der Waals surface area contributed by atoms with E-state index in [1.807, 2.05) is 6.07 Å². The molecule has 0 amide bonds. The molecule has 0 aliphatic heterocycles. The van der Waals surface area contributed by atoms with Crippen LogP contribution < -0.4 is 11.2 Å². The second-order valence-electron chi connectivity index (χ2n) is 4.45. The van der Waals surface area contributed by atoms with Crippen molar-refractivity contribution < 1.29 is 5.11 Å². The number of aromatic amines is 2. The average molecular weight is 280 g/mol. The Labute approximate surface area is 119 Å². The highest BCUT2D eigenvalue weighted by molar-refractivity contribution is 5.99. The molecule has 0 saturated heterocycles. The van der Waals surface area contributed by atoms with Crippen LogP contribution in [0.2, 0.25) is 0 Å². The fraction of sp³-hybridized carbons (Fsp3) is 0. The summed E-state index contributed by atoms with van der Waals surface area (Å²) in [6.07, 6.45) is 0. The monoisotopic (exact) mass is 280 g/mol. The van der Waals surface area contributed by atoms with Crippen LogP contribution in [0, 0.1) is 5.41 Å². The molecule has 0 fully saturated rings. The Kier molecular flexibility index (Phi) is 3.12. The number of hydrogen-bond acceptors (Lipinski definition) is 3. The maximum atomic E-state index is 11.6. The van der Waals surface area contributed by atoms with E-state index < -0.39 is 5.69 Å². The molecule has 3 rings (SSSR count). The van der Waals surface area contributed by atoms with Gasteiger partial charge in [-0.05, 0) is 24.3 Å². The van der Waals surface area contributed by atoms with Crippen molar-refractivity contribution in [3.8, 4) is 5.75 Å². The van der Waals surface area contributed by atoms with Crippen LogP contribution in [0.25, 0.3) is 10.9 Å². The van der Waals surface area contributed by atoms with E-state index in [4.69, 9.17) is 5.41 Å². The molecule has 0 spiro atoms. The molecular weight excluding hydrogens is 268 g/mol. The molecule has 2 aromatic carbocycles. The zero-order valence-electron chi connectivity index (χ0n) is 10.9. The Morgan fingerprint density at radius 1 is 1.05 bits per heavy atom. The average Bonchev–Trinajstić information content (AvgIpc) is 2.47. The van der Waals surface area contributed by atoms with Gasteiger partial charge in [-0.15, -0.1) is 0 Å². The Morgan fingerprint density at radius 3 is 2.57 bits per heavy atom. The first-order chi connectivity index (χ1) is 10.1. The molecule has 0 aliphatic rings. The summed E-state index contributed by atoms with van der Waals surface area (Å²) >= 11 is 0. The van der Waals surface area contributed by atoms with Gasteiger partial charge in [0.15, 0.2) is 5.84 Å². The van der Waals surface area contributed by atoms with Crippen LogP contribution >= 0.6 is 0 Å². The third kappa shape index (κ3) is 2.46. The molecule has 1 aromatic heterocycles. The van der Waals surface area contributed by atoms with Crippen LogP contribution in [0.4, 0.5) is 0 Å². The number of amidine groups is 1. The number of aromatic nitrogens is 2. The highest BCUT2D eigenvalue weighted by Gasteiger charge is 2.06. The molecule has 4 N–H and O–H groups in total. The molecule has 0 atom stereocenters. The zero-order chi connectivity index (χ0) is 14.8. The highest BCUT2D eigenvalue weighted by Crippen LogP contribution is 2.16. The summed E-state index contributed by atoms with van der Waals surface area (Å²) < 4.78 is 0. The van der Waals surface area contributed by atoms with E-state index in [1.165, 1.54) is 6.07 Å². The summed E-state index contributed by atoms with van der Waals surface area (Å²) in [5, 5.41) is 18.4. The number of benzene rings is 2. The van der Waals surface area contributed by atoms with Gasteiger partial charge in [0, 0.05) is 5.39 Å². The SMILES string of the molecule is N=C(/N=c1\[nH]c(=O)[nH]c2ccccc12)c1ccccc1O. The maximum absolute atomic E-state index is 11.6. The van der Waals surface area contributed by atoms with Crippen LogP contribution in [-0.2, 0) is 0 Å². The van der Waals surface area contributed by atoms with Gasteiger partial charge in [-0.25, -0.2) is 9.79 Å². The van der Waals surface area contributed by atoms with Gasteiger partial charge in [0.2, 0.25) is 0 Å². The topological polar surface area (TPSA) is 105 Å². The molecule has 0 aliphatic carbocycles. The Bertz CT molecular complexity index is 953. The molecule has 6 nitrogen and oxygen atoms in total. The molecule has 1 heterocycles. The van der Waals surface area contributed by atoms with Crippen molar-refractivity contribution in [3.05, 3.63) is 70.1 Å². The van der Waals surface area contributed by atoms with Gasteiger partial charge in [-0.1, -0.05) is 24.3 Å². The second kappa shape index (κ2) is 5.09. The first kappa shape index (κ1) is 12.9. The smallest absolute Gasteiger partial charge is 0.324 e. The summed E-state index contributed by atoms with van der Waals surface area (Å²) in [5.41, 5.74) is 0.806. The number of rotatable bonds is 1. The van der Waals surface area contributed by atoms with Crippen LogP contribution in [0.1, 0.15) is 5.56 Å². The van der Waals surface area contributed by atoms with Crippen molar-refractivity contribution in [2.24, 2.45) is 4.99 Å². The van der Waals surface area contributed by atoms with Crippen molar-refractivity contribution in [3.63, 3.8) is 0 Å². The van der Waals surface area contributed by atoms with Crippen LogP contribution in [-0.4, -0.2) is 20.9 Å². The third-order valence-electron chi connectivity index (χ3n) is 3.05. The molecule has 104 valence electrons. The van der Waals surface area contributed by atoms with Gasteiger partial charge >= 0.3 is 5.69 Å². The van der Waals surface area contributed by atoms with Crippen LogP contribution in [0.5, 0.6) is 5.75 Å². The van der Waals surface area contributed by atoms with Crippen molar-refractivity contribution >= 4 is 16.7 Å². The fourth-order valence-electron chi connectivity index (χ4n) is 2.06. The number of H-pyrrole nitrogens is 2. The number of nitrogens with one attached hydrogen (secondary N) is 3. The van der Waals surface area contributed by atoms with Crippen molar-refractivity contribution in [1.82, 2.24) is 9.97 Å². The summed E-state index contributed by atoms with van der Waals surface area (Å²) in [7, 11) is 0. The van der Waals surface area contributed by atoms with Crippen LogP contribution in [0.3, 0.4) is 0 Å². The van der Waals surface area contributed by atoms with Gasteiger partial charge in [0.05, 0.1) is 11.1 Å². The van der Waals surface area contributed by atoms with Crippen LogP contribution in [0.15, 0.2) is 58.3 Å². The number of nitrogens with zero attached hydrogens (tertiary/aromatic N) is 1. The van der Waals surface area contributed by atoms with Gasteiger partial charge in [0.25, 0.3) is 0 Å². The predicted octanol–water partition coefficient (Wildman–Crippen LogP) is 1.49. The third-order valence-corrected chi connectivity index (χ3v) is 3.05. The van der Waals surface area contributed by atoms with E-state index in [-0.39, 0.29) is 17.1 Å². The number of phenolic OH excluding ortho intramolecular Hbond substituents is 1. The lowest BCUT2D eigenvalue weighted by Crippen LogP contribution is -2.24. The maximum Gasteiger partial charge on any atom is 0.324 e. The number of phenols is 1. The van der Waals surface area contributed by atoms with Gasteiger partial charge in [0.1, 0.15) is 11.2 Å². The largest absolute Gasteiger partial charge is 0.507 e. The van der Waals surface area contributed by atoms with E-state index in [0.29, 0.717) is 16.5 Å². The van der Waals surface area contributed by atoms with Crippen molar-refractivity contribution in [1.29, 1.82) is 5.41 Å². The quantitative estimate of drug-likeness (QED) is 0.400. The summed E-state index contributed by atoms with van der Waals surface area (Å²) in [6, 6.07) is 13.6. The van der Waals surface area contributed by atoms with Gasteiger partial charge in [-0.3, -0.25) is 10.4 Å². The first-order valence-electron chi connectivity index (χ1n) is 6.28. The number of aromatic hydroxyl groups is 1. The summed E-state index contributed by atoms with van der Waals surface area (Å²) in [5.74, 6) is -0.152. The number of hydrogen-bond donors (Lipinski definition) is 4. The Morgan fingerprint density at radius 2 is 1.76 bits per heavy atom. The standard InChI is InChI=1S/C15H12N4O2/c16-13(10-6-2-4-8-12(10)20)18-14-9-5-1-3-7-11(9)17-15(21)19-14/h1-8,20H,(H3,16,17,18,19,21). The Hall–Kier alpha value is -3.15. The van der Waals surface area contributed by atoms with Gasteiger partial charge in [-0.2, -0.15) is 0 Å². The van der Waals surface area contributed by atoms with Crippen molar-refractivity contribution in [2.45, 2.75) is 0 Å². The molecule has 0 saturated carbocycles. The number of fused-ring (bicyclic) bond motifs is 1. The molecular formula is C15H12N4O2. The minimum atomic E-state index is -0.405. The Balaban J connectivity index is 2.23. The minimum absolute atomic E-state index is 0.0274. The molecule has 6 heteroatoms. The van der Waals surface area contributed by atoms with E-state index in [9.17, 15) is 9.90 Å². The molecule has 0 unspecified atom stereocenters. The first-order valence-corrected chi connectivity index (χ1v) is 6.28. The zero-order valence-corrected chi connectivity index (χ0v) is 10.9. The number of para-hydroxylation sites is 2. The lowest BCUT2D eigenvalue weighted by Gasteiger charge is -2.02. The summed E-state index contributed by atoms with van der Waals surface area (Å²) in [6.45, 7) is 0. The van der Waals surface area contributed by atoms with E-state index >= 15 is 0 Å². The van der Waals surface area contributed by atoms with Gasteiger partial charge < -0.3 is 10.1 Å². The lowest BCUT2D eigenvalue weighted by atomic mass is 10.2. The lowest BCUT2D eigenvalue weighted by molar-refractivity contribution is 0.474. The molecule has 0 bridgehead atoms. The second-order valence-corrected chi connectivity index (χ2v) is 4.45. The van der Waals surface area contributed by atoms with E-state index in [1.54, 1.807) is 36.4 Å². The molecule has 21 heavy (non-hydrogen) atoms. The molecule has 0 radical (unpaired) electrons. The van der Waals surface area contributed by atoms with E-state index in [0.717, 1.165) is 0 Å². The predicted molar refractivity (Wildman–Crippen MR) is 79.4 cm³/mol. The molecule has 3 aromatic rings. The fourth-order valence-corrected chi connectivity index (χ4v) is 2.06. The normalized spacial score (nSPS) is 11.7. The van der Waals surface area contributed by atoms with E-state index in [2.05, 4.69) is 15.0 Å². The highest BCUT2D eigenvalue weighted by atomic mass is 16.3. The minimum Gasteiger partial charge on any atom is -0.507 e.